The lowest BCUT2D eigenvalue weighted by atomic mass is 9.92. The quantitative estimate of drug-likeness (QED) is 0.786. The average Bonchev–Trinajstić information content (AvgIpc) is 2.48. The minimum absolute atomic E-state index is 0.620. The summed E-state index contributed by atoms with van der Waals surface area (Å²) in [5.41, 5.74) is 2.89. The highest BCUT2D eigenvalue weighted by atomic mass is 14.8. The van der Waals surface area contributed by atoms with E-state index in [-0.39, 0.29) is 0 Å². The lowest BCUT2D eigenvalue weighted by Gasteiger charge is -2.17. The van der Waals surface area contributed by atoms with E-state index in [1.54, 1.807) is 0 Å². The summed E-state index contributed by atoms with van der Waals surface area (Å²) >= 11 is 0. The van der Waals surface area contributed by atoms with Crippen molar-refractivity contribution >= 4 is 0 Å². The van der Waals surface area contributed by atoms with Gasteiger partial charge in [-0.2, -0.15) is 0 Å². The van der Waals surface area contributed by atoms with E-state index >= 15 is 0 Å². The van der Waals surface area contributed by atoms with E-state index in [1.807, 2.05) is 7.05 Å². The molecule has 2 aromatic rings. The second kappa shape index (κ2) is 7.75. The van der Waals surface area contributed by atoms with Crippen LogP contribution in [0.3, 0.4) is 0 Å². The van der Waals surface area contributed by atoms with Gasteiger partial charge in [-0.15, -0.1) is 0 Å². The fourth-order valence-electron chi connectivity index (χ4n) is 2.56. The van der Waals surface area contributed by atoms with Crippen LogP contribution in [0.15, 0.2) is 60.7 Å². The maximum absolute atomic E-state index is 3.31. The van der Waals surface area contributed by atoms with E-state index in [4.69, 9.17) is 0 Å². The van der Waals surface area contributed by atoms with Crippen LogP contribution < -0.4 is 5.32 Å². The van der Waals surface area contributed by atoms with E-state index in [1.165, 1.54) is 30.4 Å². The summed E-state index contributed by atoms with van der Waals surface area (Å²) in [5.74, 6) is 0.620. The molecule has 19 heavy (non-hydrogen) atoms. The summed E-state index contributed by atoms with van der Waals surface area (Å²) in [4.78, 5) is 0. The van der Waals surface area contributed by atoms with Crippen molar-refractivity contribution in [1.82, 2.24) is 5.32 Å². The number of hydrogen-bond acceptors (Lipinski definition) is 1. The van der Waals surface area contributed by atoms with Gasteiger partial charge in [0.25, 0.3) is 0 Å². The molecule has 0 fully saturated rings. The Balaban J connectivity index is 1.87. The zero-order valence-electron chi connectivity index (χ0n) is 11.7. The molecule has 1 unspecified atom stereocenters. The fourth-order valence-corrected chi connectivity index (χ4v) is 2.56. The molecule has 1 nitrogen and oxygen atoms in total. The lowest BCUT2D eigenvalue weighted by Crippen LogP contribution is -2.17. The van der Waals surface area contributed by atoms with Gasteiger partial charge in [0.1, 0.15) is 0 Å². The molecule has 1 heteroatoms. The van der Waals surface area contributed by atoms with Gasteiger partial charge in [0.05, 0.1) is 0 Å². The standard InChI is InChI=1S/C18H23N/c1-19-15-18(17-12-6-3-7-13-17)14-8-11-16-9-4-2-5-10-16/h2-7,9-10,12-13,18-19H,8,11,14-15H2,1H3. The molecule has 0 saturated heterocycles. The summed E-state index contributed by atoms with van der Waals surface area (Å²) in [6, 6.07) is 21.6. The highest BCUT2D eigenvalue weighted by Gasteiger charge is 2.09. The van der Waals surface area contributed by atoms with Crippen molar-refractivity contribution in [2.45, 2.75) is 25.2 Å². The van der Waals surface area contributed by atoms with Crippen LogP contribution in [0, 0.1) is 0 Å². The predicted molar refractivity (Wildman–Crippen MR) is 82.5 cm³/mol. The molecule has 1 N–H and O–H groups in total. The van der Waals surface area contributed by atoms with Crippen molar-refractivity contribution in [3.63, 3.8) is 0 Å². The molecule has 2 rings (SSSR count). The van der Waals surface area contributed by atoms with Crippen LogP contribution in [0.25, 0.3) is 0 Å². The maximum atomic E-state index is 3.31. The zero-order chi connectivity index (χ0) is 13.3. The Morgan fingerprint density at radius 2 is 1.53 bits per heavy atom. The molecule has 0 bridgehead atoms. The summed E-state index contributed by atoms with van der Waals surface area (Å²) in [7, 11) is 2.03. The minimum Gasteiger partial charge on any atom is -0.319 e. The summed E-state index contributed by atoms with van der Waals surface area (Å²) in [6.07, 6.45) is 3.65. The molecule has 1 atom stereocenters. The normalized spacial score (nSPS) is 12.3. The smallest absolute Gasteiger partial charge is 0.00171 e. The first kappa shape index (κ1) is 13.8. The van der Waals surface area contributed by atoms with Crippen LogP contribution in [0.5, 0.6) is 0 Å². The first-order chi connectivity index (χ1) is 9.40. The molecular weight excluding hydrogens is 230 g/mol. The third-order valence-electron chi connectivity index (χ3n) is 3.58. The molecule has 0 radical (unpaired) electrons. The monoisotopic (exact) mass is 253 g/mol. The Morgan fingerprint density at radius 3 is 2.16 bits per heavy atom. The second-order valence-corrected chi connectivity index (χ2v) is 5.04. The molecular formula is C18H23N. The summed E-state index contributed by atoms with van der Waals surface area (Å²) in [6.45, 7) is 1.05. The van der Waals surface area contributed by atoms with Gasteiger partial charge in [-0.05, 0) is 43.4 Å². The number of aryl methyl sites for hydroxylation is 1. The summed E-state index contributed by atoms with van der Waals surface area (Å²) in [5, 5.41) is 3.31. The van der Waals surface area contributed by atoms with Crippen molar-refractivity contribution in [3.05, 3.63) is 71.8 Å². The Bertz CT molecular complexity index is 450. The van der Waals surface area contributed by atoms with Crippen LogP contribution in [0.1, 0.15) is 29.9 Å². The number of hydrogen-bond donors (Lipinski definition) is 1. The maximum Gasteiger partial charge on any atom is 0.00171 e. The van der Waals surface area contributed by atoms with Crippen LogP contribution in [-0.4, -0.2) is 13.6 Å². The van der Waals surface area contributed by atoms with Gasteiger partial charge < -0.3 is 5.32 Å². The van der Waals surface area contributed by atoms with Gasteiger partial charge in [-0.1, -0.05) is 60.7 Å². The Labute approximate surface area is 116 Å². The van der Waals surface area contributed by atoms with Crippen LogP contribution in [0.4, 0.5) is 0 Å². The molecule has 0 aliphatic carbocycles. The minimum atomic E-state index is 0.620. The molecule has 0 aliphatic rings. The van der Waals surface area contributed by atoms with Gasteiger partial charge in [0, 0.05) is 6.54 Å². The molecule has 100 valence electrons. The van der Waals surface area contributed by atoms with E-state index in [0.717, 1.165) is 6.54 Å². The van der Waals surface area contributed by atoms with Crippen molar-refractivity contribution in [3.8, 4) is 0 Å². The zero-order valence-corrected chi connectivity index (χ0v) is 11.7. The van der Waals surface area contributed by atoms with Gasteiger partial charge in [0.2, 0.25) is 0 Å². The Hall–Kier alpha value is -1.60. The van der Waals surface area contributed by atoms with Gasteiger partial charge in [0.15, 0.2) is 0 Å². The first-order valence-electron chi connectivity index (χ1n) is 7.13. The van der Waals surface area contributed by atoms with Crippen LogP contribution >= 0.6 is 0 Å². The van der Waals surface area contributed by atoms with Crippen molar-refractivity contribution in [1.29, 1.82) is 0 Å². The van der Waals surface area contributed by atoms with Crippen LogP contribution in [-0.2, 0) is 6.42 Å². The third-order valence-corrected chi connectivity index (χ3v) is 3.58. The Morgan fingerprint density at radius 1 is 0.895 bits per heavy atom. The third kappa shape index (κ3) is 4.53. The summed E-state index contributed by atoms with van der Waals surface area (Å²) < 4.78 is 0. The van der Waals surface area contributed by atoms with E-state index in [2.05, 4.69) is 66.0 Å². The largest absolute Gasteiger partial charge is 0.319 e. The number of nitrogens with one attached hydrogen (secondary N) is 1. The molecule has 0 heterocycles. The van der Waals surface area contributed by atoms with Gasteiger partial charge >= 0.3 is 0 Å². The van der Waals surface area contributed by atoms with E-state index < -0.39 is 0 Å². The Kier molecular flexibility index (Phi) is 5.64. The second-order valence-electron chi connectivity index (χ2n) is 5.04. The molecule has 0 amide bonds. The molecule has 0 spiro atoms. The number of rotatable bonds is 7. The molecule has 0 aromatic heterocycles. The predicted octanol–water partition coefficient (Wildman–Crippen LogP) is 4.01. The van der Waals surface area contributed by atoms with Crippen LogP contribution in [0.2, 0.25) is 0 Å². The van der Waals surface area contributed by atoms with Gasteiger partial charge in [-0.3, -0.25) is 0 Å². The number of likely N-dealkylation sites (N-methyl/N-ethyl adjacent to an activating group) is 1. The van der Waals surface area contributed by atoms with E-state index in [9.17, 15) is 0 Å². The van der Waals surface area contributed by atoms with Crippen molar-refractivity contribution in [2.75, 3.05) is 13.6 Å². The SMILES string of the molecule is CNCC(CCCc1ccccc1)c1ccccc1. The lowest BCUT2D eigenvalue weighted by molar-refractivity contribution is 0.560. The van der Waals surface area contributed by atoms with Crippen molar-refractivity contribution in [2.24, 2.45) is 0 Å². The highest BCUT2D eigenvalue weighted by Crippen LogP contribution is 2.21. The molecule has 0 saturated carbocycles. The average molecular weight is 253 g/mol. The molecule has 0 aliphatic heterocycles. The highest BCUT2D eigenvalue weighted by molar-refractivity contribution is 5.20. The first-order valence-corrected chi connectivity index (χ1v) is 7.13. The van der Waals surface area contributed by atoms with Gasteiger partial charge in [-0.25, -0.2) is 0 Å². The fraction of sp³-hybridized carbons (Fsp3) is 0.333. The topological polar surface area (TPSA) is 12.0 Å². The van der Waals surface area contributed by atoms with E-state index in [0.29, 0.717) is 5.92 Å². The van der Waals surface area contributed by atoms with Crippen molar-refractivity contribution < 1.29 is 0 Å². The molecule has 2 aromatic carbocycles. The number of benzene rings is 2.